The number of anilines is 2. The van der Waals surface area contributed by atoms with Crippen LogP contribution in [0.15, 0.2) is 60.7 Å². The minimum Gasteiger partial charge on any atom is -0.506 e. The van der Waals surface area contributed by atoms with E-state index in [0.717, 1.165) is 5.39 Å². The lowest BCUT2D eigenvalue weighted by Crippen LogP contribution is -2.30. The highest BCUT2D eigenvalue weighted by atomic mass is 16.5. The van der Waals surface area contributed by atoms with E-state index in [-0.39, 0.29) is 17.2 Å². The summed E-state index contributed by atoms with van der Waals surface area (Å²) >= 11 is 0. The zero-order chi connectivity index (χ0) is 21.0. The number of carbonyl (C=O) groups excluding carboxylic acids is 3. The van der Waals surface area contributed by atoms with Crippen molar-refractivity contribution < 1.29 is 24.2 Å². The average Bonchev–Trinajstić information content (AvgIpc) is 2.69. The number of rotatable bonds is 5. The van der Waals surface area contributed by atoms with Gasteiger partial charge in [0.15, 0.2) is 6.10 Å². The zero-order valence-corrected chi connectivity index (χ0v) is 15.9. The zero-order valence-electron chi connectivity index (χ0n) is 15.9. The molecule has 7 nitrogen and oxygen atoms in total. The number of amides is 2. The van der Waals surface area contributed by atoms with Gasteiger partial charge in [-0.3, -0.25) is 9.59 Å². The van der Waals surface area contributed by atoms with Crippen LogP contribution in [0, 0.1) is 0 Å². The fourth-order valence-corrected chi connectivity index (χ4v) is 2.78. The number of fused-ring (bicyclic) bond motifs is 1. The first-order chi connectivity index (χ1) is 13.8. The molecule has 0 aliphatic heterocycles. The van der Waals surface area contributed by atoms with Gasteiger partial charge in [-0.15, -0.1) is 0 Å². The Labute approximate surface area is 167 Å². The van der Waals surface area contributed by atoms with Gasteiger partial charge in [-0.05, 0) is 42.6 Å². The smallest absolute Gasteiger partial charge is 0.342 e. The summed E-state index contributed by atoms with van der Waals surface area (Å²) in [6, 6.07) is 16.8. The molecular formula is C22H20N2O5. The molecule has 3 aromatic carbocycles. The van der Waals surface area contributed by atoms with E-state index in [1.54, 1.807) is 42.5 Å². The van der Waals surface area contributed by atoms with Gasteiger partial charge in [-0.1, -0.05) is 30.3 Å². The molecule has 0 saturated carbocycles. The highest BCUT2D eigenvalue weighted by molar-refractivity contribution is 6.03. The number of aromatic hydroxyl groups is 1. The van der Waals surface area contributed by atoms with Gasteiger partial charge in [0.1, 0.15) is 11.3 Å². The summed E-state index contributed by atoms with van der Waals surface area (Å²) in [4.78, 5) is 35.8. The van der Waals surface area contributed by atoms with E-state index < -0.39 is 18.0 Å². The number of phenolic OH excluding ortho intramolecular Hbond substituents is 1. The molecule has 0 unspecified atom stereocenters. The Kier molecular flexibility index (Phi) is 5.78. The lowest BCUT2D eigenvalue weighted by molar-refractivity contribution is -0.123. The van der Waals surface area contributed by atoms with E-state index in [2.05, 4.69) is 10.6 Å². The molecule has 3 N–H and O–H groups in total. The van der Waals surface area contributed by atoms with Crippen molar-refractivity contribution in [1.29, 1.82) is 0 Å². The maximum Gasteiger partial charge on any atom is 0.342 e. The SMILES string of the molecule is CC(=O)Nc1ccc(NC(=O)[C@@H](C)OC(=O)c2ccc3ccccc3c2O)cc1. The Morgan fingerprint density at radius 2 is 1.52 bits per heavy atom. The van der Waals surface area contributed by atoms with Gasteiger partial charge in [0.25, 0.3) is 5.91 Å². The molecule has 3 rings (SSSR count). The first kappa shape index (κ1) is 19.9. The van der Waals surface area contributed by atoms with Gasteiger partial charge in [-0.25, -0.2) is 4.79 Å². The van der Waals surface area contributed by atoms with Gasteiger partial charge in [0.2, 0.25) is 5.91 Å². The molecule has 148 valence electrons. The highest BCUT2D eigenvalue weighted by Crippen LogP contribution is 2.29. The minimum absolute atomic E-state index is 0.0111. The molecule has 0 spiro atoms. The van der Waals surface area contributed by atoms with Crippen LogP contribution in [0.25, 0.3) is 10.8 Å². The van der Waals surface area contributed by atoms with Crippen LogP contribution < -0.4 is 10.6 Å². The van der Waals surface area contributed by atoms with Crippen LogP contribution in [0.3, 0.4) is 0 Å². The molecule has 0 bridgehead atoms. The van der Waals surface area contributed by atoms with Crippen LogP contribution >= 0.6 is 0 Å². The summed E-state index contributed by atoms with van der Waals surface area (Å²) in [5.74, 6) is -1.70. The van der Waals surface area contributed by atoms with Crippen molar-refractivity contribution in [1.82, 2.24) is 0 Å². The molecular weight excluding hydrogens is 372 g/mol. The molecule has 0 aromatic heterocycles. The standard InChI is InChI=1S/C22H20N2O5/c1-13(21(27)24-17-10-8-16(9-11-17)23-14(2)25)29-22(28)19-12-7-15-5-3-4-6-18(15)20(19)26/h3-13,26H,1-2H3,(H,23,25)(H,24,27)/t13-/m1/s1. The topological polar surface area (TPSA) is 105 Å². The van der Waals surface area contributed by atoms with E-state index in [9.17, 15) is 19.5 Å². The van der Waals surface area contributed by atoms with E-state index in [1.165, 1.54) is 19.9 Å². The van der Waals surface area contributed by atoms with E-state index in [0.29, 0.717) is 16.8 Å². The number of esters is 1. The molecule has 0 aliphatic rings. The minimum atomic E-state index is -1.08. The maximum absolute atomic E-state index is 12.4. The van der Waals surface area contributed by atoms with Gasteiger partial charge in [0, 0.05) is 23.7 Å². The molecule has 1 atom stereocenters. The molecule has 0 aliphatic carbocycles. The number of benzene rings is 3. The van der Waals surface area contributed by atoms with Crippen molar-refractivity contribution in [3.05, 3.63) is 66.2 Å². The summed E-state index contributed by atoms with van der Waals surface area (Å²) in [5, 5.41) is 16.9. The van der Waals surface area contributed by atoms with Crippen LogP contribution in [0.2, 0.25) is 0 Å². The van der Waals surface area contributed by atoms with E-state index in [4.69, 9.17) is 4.74 Å². The number of carbonyl (C=O) groups is 3. The number of phenols is 1. The Hall–Kier alpha value is -3.87. The third kappa shape index (κ3) is 4.70. The Bertz CT molecular complexity index is 1080. The number of hydrogen-bond acceptors (Lipinski definition) is 5. The summed E-state index contributed by atoms with van der Waals surface area (Å²) in [5.41, 5.74) is 1.07. The molecule has 0 heterocycles. The van der Waals surface area contributed by atoms with Crippen molar-refractivity contribution >= 4 is 39.9 Å². The molecule has 0 saturated heterocycles. The second-order valence-electron chi connectivity index (χ2n) is 6.48. The van der Waals surface area contributed by atoms with Crippen LogP contribution in [0.4, 0.5) is 11.4 Å². The lowest BCUT2D eigenvalue weighted by atomic mass is 10.1. The first-order valence-electron chi connectivity index (χ1n) is 8.95. The Morgan fingerprint density at radius 1 is 0.897 bits per heavy atom. The third-order valence-electron chi connectivity index (χ3n) is 4.25. The number of hydrogen-bond donors (Lipinski definition) is 3. The summed E-state index contributed by atoms with van der Waals surface area (Å²) in [6.07, 6.45) is -1.08. The normalized spacial score (nSPS) is 11.5. The van der Waals surface area contributed by atoms with Gasteiger partial charge >= 0.3 is 5.97 Å². The second kappa shape index (κ2) is 8.43. The molecule has 29 heavy (non-hydrogen) atoms. The van der Waals surface area contributed by atoms with Crippen molar-refractivity contribution in [2.75, 3.05) is 10.6 Å². The van der Waals surface area contributed by atoms with Crippen LogP contribution in [0.1, 0.15) is 24.2 Å². The van der Waals surface area contributed by atoms with Crippen molar-refractivity contribution in [2.45, 2.75) is 20.0 Å². The predicted molar refractivity (Wildman–Crippen MR) is 110 cm³/mol. The summed E-state index contributed by atoms with van der Waals surface area (Å²) < 4.78 is 5.21. The number of ether oxygens (including phenoxy) is 1. The predicted octanol–water partition coefficient (Wildman–Crippen LogP) is 3.69. The van der Waals surface area contributed by atoms with Crippen LogP contribution in [-0.4, -0.2) is 29.0 Å². The Morgan fingerprint density at radius 3 is 2.17 bits per heavy atom. The largest absolute Gasteiger partial charge is 0.506 e. The molecule has 2 amide bonds. The van der Waals surface area contributed by atoms with Gasteiger partial charge in [0.05, 0.1) is 0 Å². The first-order valence-corrected chi connectivity index (χ1v) is 8.95. The van der Waals surface area contributed by atoms with Crippen LogP contribution in [0.5, 0.6) is 5.75 Å². The maximum atomic E-state index is 12.4. The molecule has 0 radical (unpaired) electrons. The summed E-state index contributed by atoms with van der Waals surface area (Å²) in [7, 11) is 0. The highest BCUT2D eigenvalue weighted by Gasteiger charge is 2.22. The monoisotopic (exact) mass is 392 g/mol. The fraction of sp³-hybridized carbons (Fsp3) is 0.136. The van der Waals surface area contributed by atoms with E-state index >= 15 is 0 Å². The fourth-order valence-electron chi connectivity index (χ4n) is 2.78. The second-order valence-corrected chi connectivity index (χ2v) is 6.48. The molecule has 0 fully saturated rings. The van der Waals surface area contributed by atoms with E-state index in [1.807, 2.05) is 12.1 Å². The summed E-state index contributed by atoms with van der Waals surface area (Å²) in [6.45, 7) is 2.84. The molecule has 3 aromatic rings. The van der Waals surface area contributed by atoms with Gasteiger partial charge < -0.3 is 20.5 Å². The number of nitrogens with one attached hydrogen (secondary N) is 2. The van der Waals surface area contributed by atoms with Crippen molar-refractivity contribution in [3.63, 3.8) is 0 Å². The molecule has 7 heteroatoms. The van der Waals surface area contributed by atoms with Crippen molar-refractivity contribution in [3.8, 4) is 5.75 Å². The van der Waals surface area contributed by atoms with Gasteiger partial charge in [-0.2, -0.15) is 0 Å². The Balaban J connectivity index is 1.65. The third-order valence-corrected chi connectivity index (χ3v) is 4.25. The quantitative estimate of drug-likeness (QED) is 0.575. The van der Waals surface area contributed by atoms with Crippen LogP contribution in [-0.2, 0) is 14.3 Å². The average molecular weight is 392 g/mol. The van der Waals surface area contributed by atoms with Crippen molar-refractivity contribution in [2.24, 2.45) is 0 Å². The lowest BCUT2D eigenvalue weighted by Gasteiger charge is -2.15.